The van der Waals surface area contributed by atoms with Crippen molar-refractivity contribution < 1.29 is 30.8 Å². The number of carbonyl (C=O) groups excluding carboxylic acids is 1. The molecule has 0 atom stereocenters. The van der Waals surface area contributed by atoms with E-state index in [4.69, 9.17) is 4.42 Å². The SMILES string of the molecule is O=C1Nc2ccc(S(=O)(=O)Nc3ccc(C(F)(F)F)cc3)cc2C1=Cc1ccc(Br)o1. The third-order valence-corrected chi connectivity index (χ3v) is 6.23. The molecule has 4 rings (SSSR count). The summed E-state index contributed by atoms with van der Waals surface area (Å²) in [5.74, 6) is -0.0335. The molecule has 1 aliphatic heterocycles. The van der Waals surface area contributed by atoms with E-state index in [0.717, 1.165) is 24.3 Å². The van der Waals surface area contributed by atoms with Crippen LogP contribution in [0.15, 0.2) is 68.6 Å². The lowest BCUT2D eigenvalue weighted by Gasteiger charge is -2.11. The van der Waals surface area contributed by atoms with Crippen molar-refractivity contribution in [2.75, 3.05) is 10.0 Å². The van der Waals surface area contributed by atoms with E-state index in [1.54, 1.807) is 12.1 Å². The number of halogens is 4. The van der Waals surface area contributed by atoms with Gasteiger partial charge in [0, 0.05) is 16.9 Å². The Kier molecular flexibility index (Phi) is 5.18. The summed E-state index contributed by atoms with van der Waals surface area (Å²) in [6, 6.07) is 10.9. The van der Waals surface area contributed by atoms with E-state index in [9.17, 15) is 26.4 Å². The Labute approximate surface area is 182 Å². The van der Waals surface area contributed by atoms with Crippen molar-refractivity contribution >= 4 is 54.9 Å². The first-order valence-corrected chi connectivity index (χ1v) is 10.9. The molecule has 0 spiro atoms. The zero-order valence-corrected chi connectivity index (χ0v) is 17.7. The molecule has 0 saturated carbocycles. The number of anilines is 2. The first kappa shape index (κ1) is 21.2. The molecule has 2 N–H and O–H groups in total. The van der Waals surface area contributed by atoms with Crippen molar-refractivity contribution in [3.05, 3.63) is 76.2 Å². The molecule has 0 radical (unpaired) electrons. The Morgan fingerprint density at radius 2 is 1.74 bits per heavy atom. The van der Waals surface area contributed by atoms with Crippen molar-refractivity contribution in [3.63, 3.8) is 0 Å². The summed E-state index contributed by atoms with van der Waals surface area (Å²) in [6.07, 6.45) is -3.05. The lowest BCUT2D eigenvalue weighted by Crippen LogP contribution is -2.13. The number of rotatable bonds is 4. The van der Waals surface area contributed by atoms with Crippen LogP contribution in [0.3, 0.4) is 0 Å². The fraction of sp³-hybridized carbons (Fsp3) is 0.0500. The third kappa shape index (κ3) is 4.37. The largest absolute Gasteiger partial charge is 0.450 e. The molecule has 2 heterocycles. The molecule has 1 amide bonds. The second-order valence-corrected chi connectivity index (χ2v) is 9.01. The second kappa shape index (κ2) is 7.57. The summed E-state index contributed by atoms with van der Waals surface area (Å²) >= 11 is 3.17. The van der Waals surface area contributed by atoms with Crippen LogP contribution >= 0.6 is 15.9 Å². The molecule has 0 bridgehead atoms. The molecule has 1 aliphatic rings. The van der Waals surface area contributed by atoms with Gasteiger partial charge in [0.15, 0.2) is 4.67 Å². The first-order valence-electron chi connectivity index (χ1n) is 8.66. The molecule has 160 valence electrons. The minimum Gasteiger partial charge on any atom is -0.450 e. The number of alkyl halides is 3. The third-order valence-electron chi connectivity index (χ3n) is 4.43. The maximum absolute atomic E-state index is 12.8. The number of hydrogen-bond donors (Lipinski definition) is 2. The second-order valence-electron chi connectivity index (χ2n) is 6.54. The quantitative estimate of drug-likeness (QED) is 0.461. The number of nitrogens with one attached hydrogen (secondary N) is 2. The Morgan fingerprint density at radius 1 is 1.03 bits per heavy atom. The van der Waals surface area contributed by atoms with Gasteiger partial charge in [-0.2, -0.15) is 13.2 Å². The van der Waals surface area contributed by atoms with Crippen LogP contribution in [0.4, 0.5) is 24.5 Å². The lowest BCUT2D eigenvalue weighted by molar-refractivity contribution is -0.137. The minimum atomic E-state index is -4.52. The maximum atomic E-state index is 12.8. The van der Waals surface area contributed by atoms with Gasteiger partial charge >= 0.3 is 6.18 Å². The van der Waals surface area contributed by atoms with E-state index in [0.29, 0.717) is 21.7 Å². The monoisotopic (exact) mass is 512 g/mol. The number of furan rings is 1. The van der Waals surface area contributed by atoms with Gasteiger partial charge in [0.2, 0.25) is 0 Å². The molecule has 0 saturated heterocycles. The number of fused-ring (bicyclic) bond motifs is 1. The van der Waals surface area contributed by atoms with Gasteiger partial charge in [0.1, 0.15) is 5.76 Å². The van der Waals surface area contributed by atoms with Gasteiger partial charge < -0.3 is 9.73 Å². The average molecular weight is 513 g/mol. The van der Waals surface area contributed by atoms with Crippen LogP contribution in [0, 0.1) is 0 Å². The van der Waals surface area contributed by atoms with Crippen LogP contribution in [0.25, 0.3) is 11.6 Å². The van der Waals surface area contributed by atoms with Gasteiger partial charge in [-0.3, -0.25) is 9.52 Å². The first-order chi connectivity index (χ1) is 14.5. The Bertz CT molecular complexity index is 1310. The summed E-state index contributed by atoms with van der Waals surface area (Å²) in [4.78, 5) is 12.2. The number of carbonyl (C=O) groups is 1. The van der Waals surface area contributed by atoms with Crippen LogP contribution in [-0.2, 0) is 21.0 Å². The highest BCUT2D eigenvalue weighted by Gasteiger charge is 2.30. The van der Waals surface area contributed by atoms with E-state index < -0.39 is 27.7 Å². The summed E-state index contributed by atoms with van der Waals surface area (Å²) in [6.45, 7) is 0. The summed E-state index contributed by atoms with van der Waals surface area (Å²) < 4.78 is 71.6. The predicted octanol–water partition coefficient (Wildman–Crippen LogP) is 5.35. The van der Waals surface area contributed by atoms with Crippen LogP contribution < -0.4 is 10.0 Å². The molecular weight excluding hydrogens is 501 g/mol. The Hall–Kier alpha value is -3.05. The van der Waals surface area contributed by atoms with E-state index in [-0.39, 0.29) is 16.2 Å². The van der Waals surface area contributed by atoms with Gasteiger partial charge in [0.25, 0.3) is 15.9 Å². The van der Waals surface area contributed by atoms with Crippen molar-refractivity contribution in [1.29, 1.82) is 0 Å². The standard InChI is InChI=1S/C20H12BrF3N2O4S/c21-18-8-5-13(30-18)9-16-15-10-14(6-7-17(15)25-19(16)27)31(28,29)26-12-3-1-11(2-4-12)20(22,23)24/h1-10,26H,(H,25,27). The van der Waals surface area contributed by atoms with Crippen molar-refractivity contribution in [2.24, 2.45) is 0 Å². The van der Waals surface area contributed by atoms with Crippen LogP contribution in [0.1, 0.15) is 16.9 Å². The maximum Gasteiger partial charge on any atom is 0.416 e. The van der Waals surface area contributed by atoms with Crippen LogP contribution in [0.2, 0.25) is 0 Å². The predicted molar refractivity (Wildman–Crippen MR) is 112 cm³/mol. The molecule has 6 nitrogen and oxygen atoms in total. The van der Waals surface area contributed by atoms with E-state index >= 15 is 0 Å². The Balaban J connectivity index is 1.65. The average Bonchev–Trinajstić information content (AvgIpc) is 3.24. The van der Waals surface area contributed by atoms with Gasteiger partial charge in [-0.25, -0.2) is 8.42 Å². The summed E-state index contributed by atoms with van der Waals surface area (Å²) in [5, 5.41) is 2.64. The molecule has 0 unspecified atom stereocenters. The molecular formula is C20H12BrF3N2O4S. The van der Waals surface area contributed by atoms with Gasteiger partial charge in [-0.15, -0.1) is 0 Å². The van der Waals surface area contributed by atoms with E-state index in [2.05, 4.69) is 26.0 Å². The zero-order chi connectivity index (χ0) is 22.4. The summed E-state index contributed by atoms with van der Waals surface area (Å²) in [5.41, 5.74) is 0.0717. The van der Waals surface area contributed by atoms with Crippen molar-refractivity contribution in [2.45, 2.75) is 11.1 Å². The smallest absolute Gasteiger partial charge is 0.416 e. The van der Waals surface area contributed by atoms with Crippen LogP contribution in [-0.4, -0.2) is 14.3 Å². The fourth-order valence-electron chi connectivity index (χ4n) is 2.97. The van der Waals surface area contributed by atoms with E-state index in [1.165, 1.54) is 24.3 Å². The number of sulfonamides is 1. The highest BCUT2D eigenvalue weighted by Crippen LogP contribution is 2.36. The van der Waals surface area contributed by atoms with Gasteiger partial charge in [-0.05, 0) is 76.6 Å². The molecule has 11 heteroatoms. The van der Waals surface area contributed by atoms with E-state index in [1.807, 2.05) is 0 Å². The van der Waals surface area contributed by atoms with Gasteiger partial charge in [-0.1, -0.05) is 0 Å². The number of hydrogen-bond acceptors (Lipinski definition) is 4. The highest BCUT2D eigenvalue weighted by molar-refractivity contribution is 9.10. The number of amides is 1. The fourth-order valence-corrected chi connectivity index (χ4v) is 4.37. The lowest BCUT2D eigenvalue weighted by atomic mass is 10.1. The molecule has 3 aromatic rings. The highest BCUT2D eigenvalue weighted by atomic mass is 79.9. The molecule has 31 heavy (non-hydrogen) atoms. The van der Waals surface area contributed by atoms with Crippen molar-refractivity contribution in [3.8, 4) is 0 Å². The zero-order valence-electron chi connectivity index (χ0n) is 15.3. The molecule has 1 aromatic heterocycles. The molecule has 2 aromatic carbocycles. The normalized spacial score (nSPS) is 15.1. The van der Waals surface area contributed by atoms with Gasteiger partial charge in [0.05, 0.1) is 16.0 Å². The topological polar surface area (TPSA) is 88.4 Å². The number of benzene rings is 2. The molecule has 0 fully saturated rings. The van der Waals surface area contributed by atoms with Crippen LogP contribution in [0.5, 0.6) is 0 Å². The van der Waals surface area contributed by atoms with Crippen molar-refractivity contribution in [1.82, 2.24) is 0 Å². The molecule has 0 aliphatic carbocycles. The summed E-state index contributed by atoms with van der Waals surface area (Å²) in [7, 11) is -4.12. The minimum absolute atomic E-state index is 0.0288. The Morgan fingerprint density at radius 3 is 2.35 bits per heavy atom.